The normalized spacial score (nSPS) is 12.2. The van der Waals surface area contributed by atoms with Gasteiger partial charge in [0, 0.05) is 0 Å². The van der Waals surface area contributed by atoms with Gasteiger partial charge >= 0.3 is 0 Å². The average Bonchev–Trinajstić information content (AvgIpc) is 2.46. The van der Waals surface area contributed by atoms with E-state index in [1.165, 1.54) is 13.2 Å². The molecule has 0 bridgehead atoms. The van der Waals surface area contributed by atoms with Gasteiger partial charge in [-0.2, -0.15) is 0 Å². The fourth-order valence-electron chi connectivity index (χ4n) is 2.04. The summed E-state index contributed by atoms with van der Waals surface area (Å²) in [4.78, 5) is 0.536. The molecule has 0 saturated heterocycles. The maximum Gasteiger partial charge on any atom is 0.206 e. The average molecular weight is 304 g/mol. The first-order valence-corrected chi connectivity index (χ1v) is 8.23. The van der Waals surface area contributed by atoms with Crippen molar-refractivity contribution in [3.05, 3.63) is 54.1 Å². The zero-order valence-electron chi connectivity index (χ0n) is 12.8. The van der Waals surface area contributed by atoms with Gasteiger partial charge in [0.1, 0.15) is 5.75 Å². The standard InChI is InChI=1S/C17H20O3S/c1-17(2,3)13-8-10-15(11-9-13)21(18,19)16-7-5-6-14(12-16)20-4/h5-12H,1-4H3. The molecule has 3 nitrogen and oxygen atoms in total. The Morgan fingerprint density at radius 3 is 2.05 bits per heavy atom. The molecular formula is C17H20O3S. The quantitative estimate of drug-likeness (QED) is 0.865. The van der Waals surface area contributed by atoms with Crippen LogP contribution in [0.2, 0.25) is 0 Å². The lowest BCUT2D eigenvalue weighted by molar-refractivity contribution is 0.413. The predicted molar refractivity (Wildman–Crippen MR) is 83.6 cm³/mol. The van der Waals surface area contributed by atoms with Gasteiger partial charge in [-0.3, -0.25) is 0 Å². The van der Waals surface area contributed by atoms with E-state index in [1.807, 2.05) is 12.1 Å². The van der Waals surface area contributed by atoms with Crippen molar-refractivity contribution in [2.45, 2.75) is 36.0 Å². The van der Waals surface area contributed by atoms with Crippen LogP contribution in [0.1, 0.15) is 26.3 Å². The van der Waals surface area contributed by atoms with Crippen LogP contribution in [0.4, 0.5) is 0 Å². The van der Waals surface area contributed by atoms with Crippen molar-refractivity contribution in [2.24, 2.45) is 0 Å². The van der Waals surface area contributed by atoms with Crippen LogP contribution in [0.15, 0.2) is 58.3 Å². The van der Waals surface area contributed by atoms with E-state index in [0.717, 1.165) is 5.56 Å². The first kappa shape index (κ1) is 15.6. The van der Waals surface area contributed by atoms with Crippen molar-refractivity contribution in [3.63, 3.8) is 0 Å². The topological polar surface area (TPSA) is 43.4 Å². The van der Waals surface area contributed by atoms with E-state index in [4.69, 9.17) is 4.74 Å². The van der Waals surface area contributed by atoms with Crippen LogP contribution < -0.4 is 4.74 Å². The summed E-state index contributed by atoms with van der Waals surface area (Å²) in [5, 5.41) is 0. The number of rotatable bonds is 3. The Morgan fingerprint density at radius 2 is 1.52 bits per heavy atom. The molecule has 2 aromatic carbocycles. The van der Waals surface area contributed by atoms with Gasteiger partial charge in [0.05, 0.1) is 16.9 Å². The van der Waals surface area contributed by atoms with E-state index >= 15 is 0 Å². The van der Waals surface area contributed by atoms with Gasteiger partial charge < -0.3 is 4.74 Å². The lowest BCUT2D eigenvalue weighted by Gasteiger charge is -2.19. The number of hydrogen-bond donors (Lipinski definition) is 0. The Bertz CT molecular complexity index is 723. The highest BCUT2D eigenvalue weighted by atomic mass is 32.2. The highest BCUT2D eigenvalue weighted by molar-refractivity contribution is 7.91. The Morgan fingerprint density at radius 1 is 0.905 bits per heavy atom. The molecule has 0 amide bonds. The summed E-state index contributed by atoms with van der Waals surface area (Å²) >= 11 is 0. The predicted octanol–water partition coefficient (Wildman–Crippen LogP) is 3.83. The molecule has 0 radical (unpaired) electrons. The van der Waals surface area contributed by atoms with Crippen molar-refractivity contribution >= 4 is 9.84 Å². The number of sulfone groups is 1. The van der Waals surface area contributed by atoms with Crippen LogP contribution in [-0.4, -0.2) is 15.5 Å². The fourth-order valence-corrected chi connectivity index (χ4v) is 3.33. The Labute approximate surface area is 126 Å². The summed E-state index contributed by atoms with van der Waals surface area (Å²) in [5.74, 6) is 0.530. The van der Waals surface area contributed by atoms with E-state index in [-0.39, 0.29) is 10.3 Å². The Hall–Kier alpha value is -1.81. The summed E-state index contributed by atoms with van der Waals surface area (Å²) < 4.78 is 30.3. The zero-order valence-corrected chi connectivity index (χ0v) is 13.6. The number of ether oxygens (including phenoxy) is 1. The summed E-state index contributed by atoms with van der Waals surface area (Å²) in [6.45, 7) is 6.29. The minimum atomic E-state index is -3.51. The van der Waals surface area contributed by atoms with Gasteiger partial charge in [-0.15, -0.1) is 0 Å². The third-order valence-corrected chi connectivity index (χ3v) is 5.15. The summed E-state index contributed by atoms with van der Waals surface area (Å²) in [7, 11) is -2.00. The highest BCUT2D eigenvalue weighted by Gasteiger charge is 2.20. The summed E-state index contributed by atoms with van der Waals surface area (Å²) in [6.07, 6.45) is 0. The fraction of sp³-hybridized carbons (Fsp3) is 0.294. The molecule has 0 spiro atoms. The lowest BCUT2D eigenvalue weighted by atomic mass is 9.87. The van der Waals surface area contributed by atoms with Gasteiger partial charge in [-0.05, 0) is 41.3 Å². The van der Waals surface area contributed by atoms with Gasteiger partial charge in [0.2, 0.25) is 9.84 Å². The highest BCUT2D eigenvalue weighted by Crippen LogP contribution is 2.27. The number of methoxy groups -OCH3 is 1. The molecule has 2 rings (SSSR count). The molecule has 0 N–H and O–H groups in total. The third kappa shape index (κ3) is 3.27. The molecule has 0 fully saturated rings. The Kier molecular flexibility index (Phi) is 4.10. The van der Waals surface area contributed by atoms with E-state index < -0.39 is 9.84 Å². The second-order valence-electron chi connectivity index (χ2n) is 5.96. The summed E-state index contributed by atoms with van der Waals surface area (Å²) in [6, 6.07) is 13.6. The van der Waals surface area contributed by atoms with Gasteiger partial charge in [0.25, 0.3) is 0 Å². The van der Waals surface area contributed by atoms with Crippen LogP contribution in [0, 0.1) is 0 Å². The first-order valence-electron chi connectivity index (χ1n) is 6.75. The van der Waals surface area contributed by atoms with Gasteiger partial charge in [0.15, 0.2) is 0 Å². The van der Waals surface area contributed by atoms with Crippen LogP contribution in [0.3, 0.4) is 0 Å². The zero-order chi connectivity index (χ0) is 15.7. The molecule has 4 heteroatoms. The second kappa shape index (κ2) is 5.53. The largest absolute Gasteiger partial charge is 0.497 e. The van der Waals surface area contributed by atoms with Crippen molar-refractivity contribution in [2.75, 3.05) is 7.11 Å². The molecular weight excluding hydrogens is 284 g/mol. The maximum atomic E-state index is 12.6. The van der Waals surface area contributed by atoms with Crippen LogP contribution >= 0.6 is 0 Å². The summed E-state index contributed by atoms with van der Waals surface area (Å²) in [5.41, 5.74) is 1.10. The second-order valence-corrected chi connectivity index (χ2v) is 7.91. The van der Waals surface area contributed by atoms with E-state index in [2.05, 4.69) is 20.8 Å². The lowest BCUT2D eigenvalue weighted by Crippen LogP contribution is -2.11. The molecule has 0 saturated carbocycles. The molecule has 2 aromatic rings. The minimum absolute atomic E-state index is 0.00173. The molecule has 21 heavy (non-hydrogen) atoms. The number of benzene rings is 2. The molecule has 0 unspecified atom stereocenters. The van der Waals surface area contributed by atoms with E-state index in [0.29, 0.717) is 10.6 Å². The van der Waals surface area contributed by atoms with E-state index in [9.17, 15) is 8.42 Å². The molecule has 0 aliphatic rings. The molecule has 0 aliphatic heterocycles. The van der Waals surface area contributed by atoms with Crippen molar-refractivity contribution in [1.82, 2.24) is 0 Å². The van der Waals surface area contributed by atoms with Crippen LogP contribution in [0.25, 0.3) is 0 Å². The first-order chi connectivity index (χ1) is 9.75. The van der Waals surface area contributed by atoms with Crippen molar-refractivity contribution in [1.29, 1.82) is 0 Å². The van der Waals surface area contributed by atoms with Crippen LogP contribution in [-0.2, 0) is 15.3 Å². The maximum absolute atomic E-state index is 12.6. The monoisotopic (exact) mass is 304 g/mol. The smallest absolute Gasteiger partial charge is 0.206 e. The van der Waals surface area contributed by atoms with Gasteiger partial charge in [-0.25, -0.2) is 8.42 Å². The van der Waals surface area contributed by atoms with Crippen LogP contribution in [0.5, 0.6) is 5.75 Å². The van der Waals surface area contributed by atoms with Gasteiger partial charge in [-0.1, -0.05) is 39.0 Å². The molecule has 0 aromatic heterocycles. The number of hydrogen-bond acceptors (Lipinski definition) is 3. The molecule has 0 heterocycles. The molecule has 0 atom stereocenters. The minimum Gasteiger partial charge on any atom is -0.497 e. The Balaban J connectivity index is 2.44. The van der Waals surface area contributed by atoms with E-state index in [1.54, 1.807) is 30.3 Å². The SMILES string of the molecule is COc1cccc(S(=O)(=O)c2ccc(C(C)(C)C)cc2)c1. The van der Waals surface area contributed by atoms with Crippen molar-refractivity contribution < 1.29 is 13.2 Å². The molecule has 112 valence electrons. The third-order valence-electron chi connectivity index (χ3n) is 3.38. The molecule has 0 aliphatic carbocycles. The van der Waals surface area contributed by atoms with Crippen molar-refractivity contribution in [3.8, 4) is 5.75 Å².